The fraction of sp³-hybridized carbons (Fsp3) is 0.333. The summed E-state index contributed by atoms with van der Waals surface area (Å²) in [5.74, 6) is 1.63. The van der Waals surface area contributed by atoms with Gasteiger partial charge in [0, 0.05) is 40.6 Å². The predicted molar refractivity (Wildman–Crippen MR) is 133 cm³/mol. The van der Waals surface area contributed by atoms with Gasteiger partial charge in [0.15, 0.2) is 16.9 Å². The standard InChI is InChI=1S/C27H28N2O4S/c1-16(2)10-11-28-27(31)26-20-14-25(18-8-9-22-23(13-18)33-15-32-22)34-24-7-5-4-6-19(24)29(20)17(3)12-21(26)30/h4-9,12-13,16,25H,10-11,14-15H2,1-3H3,(H,28,31)/t25-/m1/s1. The molecule has 2 aliphatic rings. The highest BCUT2D eigenvalue weighted by atomic mass is 32.2. The largest absolute Gasteiger partial charge is 0.454 e. The number of hydrogen-bond donors (Lipinski definition) is 1. The lowest BCUT2D eigenvalue weighted by molar-refractivity contribution is 0.0949. The van der Waals surface area contributed by atoms with Crippen LogP contribution in [0.25, 0.3) is 5.69 Å². The molecule has 0 fully saturated rings. The smallest absolute Gasteiger partial charge is 0.257 e. The summed E-state index contributed by atoms with van der Waals surface area (Å²) in [6.45, 7) is 6.91. The zero-order valence-corrected chi connectivity index (χ0v) is 20.4. The third kappa shape index (κ3) is 4.20. The average molecular weight is 477 g/mol. The summed E-state index contributed by atoms with van der Waals surface area (Å²) in [5, 5.41) is 2.97. The molecule has 0 saturated heterocycles. The minimum absolute atomic E-state index is 0.00665. The number of amides is 1. The maximum atomic E-state index is 13.3. The normalized spacial score (nSPS) is 16.1. The molecule has 5 rings (SSSR count). The van der Waals surface area contributed by atoms with Crippen LogP contribution in [-0.2, 0) is 6.42 Å². The van der Waals surface area contributed by atoms with Gasteiger partial charge in [0.25, 0.3) is 5.91 Å². The van der Waals surface area contributed by atoms with E-state index in [1.807, 2.05) is 43.3 Å². The van der Waals surface area contributed by atoms with Crippen LogP contribution >= 0.6 is 11.8 Å². The van der Waals surface area contributed by atoms with E-state index in [0.29, 0.717) is 18.9 Å². The number of nitrogens with one attached hydrogen (secondary N) is 1. The van der Waals surface area contributed by atoms with Crippen molar-refractivity contribution in [1.82, 2.24) is 9.88 Å². The van der Waals surface area contributed by atoms with Crippen LogP contribution in [-0.4, -0.2) is 23.8 Å². The Morgan fingerprint density at radius 1 is 1.15 bits per heavy atom. The van der Waals surface area contributed by atoms with Crippen molar-refractivity contribution in [3.63, 3.8) is 0 Å². The molecule has 2 aromatic carbocycles. The summed E-state index contributed by atoms with van der Waals surface area (Å²) in [6.07, 6.45) is 1.39. The first-order valence-electron chi connectivity index (χ1n) is 11.6. The fourth-order valence-corrected chi connectivity index (χ4v) is 5.81. The van der Waals surface area contributed by atoms with Gasteiger partial charge < -0.3 is 19.4 Å². The molecular weight excluding hydrogens is 448 g/mol. The van der Waals surface area contributed by atoms with Gasteiger partial charge in [0.2, 0.25) is 6.79 Å². The van der Waals surface area contributed by atoms with Gasteiger partial charge in [-0.25, -0.2) is 0 Å². The molecule has 0 aliphatic carbocycles. The van der Waals surface area contributed by atoms with E-state index in [1.165, 1.54) is 0 Å². The molecule has 6 nitrogen and oxygen atoms in total. The van der Waals surface area contributed by atoms with E-state index in [-0.39, 0.29) is 28.9 Å². The number of nitrogens with zero attached hydrogens (tertiary/aromatic N) is 1. The summed E-state index contributed by atoms with van der Waals surface area (Å²) in [7, 11) is 0. The van der Waals surface area contributed by atoms with E-state index in [2.05, 4.69) is 29.8 Å². The first-order chi connectivity index (χ1) is 16.4. The Balaban J connectivity index is 1.63. The van der Waals surface area contributed by atoms with Crippen LogP contribution in [0, 0.1) is 12.8 Å². The number of aromatic nitrogens is 1. The highest BCUT2D eigenvalue weighted by Crippen LogP contribution is 2.46. The third-order valence-corrected chi connectivity index (χ3v) is 7.58. The molecule has 3 aromatic rings. The highest BCUT2D eigenvalue weighted by Gasteiger charge is 2.30. The van der Waals surface area contributed by atoms with Crippen LogP contribution < -0.4 is 20.2 Å². The van der Waals surface area contributed by atoms with E-state index >= 15 is 0 Å². The second-order valence-electron chi connectivity index (χ2n) is 9.14. The molecule has 34 heavy (non-hydrogen) atoms. The van der Waals surface area contributed by atoms with Crippen molar-refractivity contribution >= 4 is 17.7 Å². The molecule has 0 radical (unpaired) electrons. The van der Waals surface area contributed by atoms with Gasteiger partial charge in [-0.3, -0.25) is 9.59 Å². The molecule has 2 aliphatic heterocycles. The summed E-state index contributed by atoms with van der Waals surface area (Å²) < 4.78 is 13.2. The molecule has 176 valence electrons. The van der Waals surface area contributed by atoms with Crippen molar-refractivity contribution in [1.29, 1.82) is 0 Å². The Morgan fingerprint density at radius 2 is 1.94 bits per heavy atom. The van der Waals surface area contributed by atoms with E-state index in [1.54, 1.807) is 17.8 Å². The van der Waals surface area contributed by atoms with Crippen molar-refractivity contribution in [3.8, 4) is 17.2 Å². The number of fused-ring (bicyclic) bond motifs is 4. The number of ether oxygens (including phenoxy) is 2. The number of carbonyl (C=O) groups excluding carboxylic acids is 1. The predicted octanol–water partition coefficient (Wildman–Crippen LogP) is 5.04. The molecule has 3 heterocycles. The monoisotopic (exact) mass is 476 g/mol. The first-order valence-corrected chi connectivity index (χ1v) is 12.5. The summed E-state index contributed by atoms with van der Waals surface area (Å²) >= 11 is 1.74. The van der Waals surface area contributed by atoms with E-state index in [0.717, 1.165) is 45.5 Å². The summed E-state index contributed by atoms with van der Waals surface area (Å²) in [4.78, 5) is 27.5. The number of para-hydroxylation sites is 1. The van der Waals surface area contributed by atoms with Gasteiger partial charge in [-0.2, -0.15) is 0 Å². The third-order valence-electron chi connectivity index (χ3n) is 6.25. The quantitative estimate of drug-likeness (QED) is 0.559. The lowest BCUT2D eigenvalue weighted by Crippen LogP contribution is -2.33. The lowest BCUT2D eigenvalue weighted by Gasteiger charge is -2.20. The molecule has 1 aromatic heterocycles. The molecule has 0 saturated carbocycles. The molecule has 0 unspecified atom stereocenters. The van der Waals surface area contributed by atoms with Gasteiger partial charge in [0.1, 0.15) is 5.56 Å². The van der Waals surface area contributed by atoms with Crippen LogP contribution in [0.1, 0.15) is 52.8 Å². The lowest BCUT2D eigenvalue weighted by atomic mass is 10.0. The van der Waals surface area contributed by atoms with Crippen molar-refractivity contribution in [3.05, 3.63) is 81.3 Å². The minimum atomic E-state index is -0.303. The maximum Gasteiger partial charge on any atom is 0.257 e. The van der Waals surface area contributed by atoms with Gasteiger partial charge in [-0.1, -0.05) is 32.0 Å². The van der Waals surface area contributed by atoms with Crippen LogP contribution in [0.2, 0.25) is 0 Å². The van der Waals surface area contributed by atoms with E-state index < -0.39 is 0 Å². The second-order valence-corrected chi connectivity index (χ2v) is 10.4. The van der Waals surface area contributed by atoms with Crippen LogP contribution in [0.3, 0.4) is 0 Å². The van der Waals surface area contributed by atoms with Crippen molar-refractivity contribution < 1.29 is 14.3 Å². The van der Waals surface area contributed by atoms with E-state index in [9.17, 15) is 9.59 Å². The zero-order valence-electron chi connectivity index (χ0n) is 19.6. The SMILES string of the molecule is Cc1cc(=O)c(C(=O)NCCC(C)C)c2n1-c1ccccc1S[C@@H](c1ccc3c(c1)OCO3)C2. The van der Waals surface area contributed by atoms with Crippen LogP contribution in [0.5, 0.6) is 11.5 Å². The van der Waals surface area contributed by atoms with E-state index in [4.69, 9.17) is 9.47 Å². The second kappa shape index (κ2) is 9.22. The Labute approximate surface area is 203 Å². The Morgan fingerprint density at radius 3 is 2.76 bits per heavy atom. The Hall–Kier alpha value is -3.19. The van der Waals surface area contributed by atoms with Crippen molar-refractivity contribution in [2.45, 2.75) is 43.8 Å². The fourth-order valence-electron chi connectivity index (χ4n) is 4.54. The minimum Gasteiger partial charge on any atom is -0.454 e. The number of thioether (sulfide) groups is 1. The average Bonchev–Trinajstić information content (AvgIpc) is 3.19. The summed E-state index contributed by atoms with van der Waals surface area (Å²) in [5.41, 5.74) is 3.61. The zero-order chi connectivity index (χ0) is 23.8. The molecular formula is C27H28N2O4S. The number of aryl methyl sites for hydroxylation is 1. The number of carbonyl (C=O) groups is 1. The first kappa shape index (κ1) is 22.6. The topological polar surface area (TPSA) is 69.6 Å². The van der Waals surface area contributed by atoms with Crippen LogP contribution in [0.15, 0.2) is 58.2 Å². The molecule has 1 N–H and O–H groups in total. The molecule has 1 amide bonds. The van der Waals surface area contributed by atoms with Crippen LogP contribution in [0.4, 0.5) is 0 Å². The number of rotatable bonds is 5. The maximum absolute atomic E-state index is 13.3. The van der Waals surface area contributed by atoms with Gasteiger partial charge in [-0.05, 0) is 49.1 Å². The number of hydrogen-bond acceptors (Lipinski definition) is 5. The van der Waals surface area contributed by atoms with Crippen molar-refractivity contribution in [2.75, 3.05) is 13.3 Å². The highest BCUT2D eigenvalue weighted by molar-refractivity contribution is 7.99. The number of pyridine rings is 1. The summed E-state index contributed by atoms with van der Waals surface area (Å²) in [6, 6.07) is 15.7. The van der Waals surface area contributed by atoms with Crippen molar-refractivity contribution in [2.24, 2.45) is 5.92 Å². The number of benzene rings is 2. The molecule has 7 heteroatoms. The van der Waals surface area contributed by atoms with Gasteiger partial charge in [0.05, 0.1) is 5.69 Å². The van der Waals surface area contributed by atoms with Gasteiger partial charge in [-0.15, -0.1) is 11.8 Å². The Kier molecular flexibility index (Phi) is 6.13. The molecule has 0 bridgehead atoms. The molecule has 0 spiro atoms. The molecule has 1 atom stereocenters. The Bertz CT molecular complexity index is 1310. The van der Waals surface area contributed by atoms with Gasteiger partial charge >= 0.3 is 0 Å².